The van der Waals surface area contributed by atoms with E-state index in [1.54, 1.807) is 24.3 Å². The van der Waals surface area contributed by atoms with Gasteiger partial charge in [0.1, 0.15) is 6.54 Å². The molecule has 0 saturated heterocycles. The van der Waals surface area contributed by atoms with Crippen LogP contribution in [0.3, 0.4) is 0 Å². The van der Waals surface area contributed by atoms with Crippen LogP contribution in [0, 0.1) is 0 Å². The van der Waals surface area contributed by atoms with Crippen LogP contribution in [0.5, 0.6) is 0 Å². The minimum absolute atomic E-state index is 0.0167. The van der Waals surface area contributed by atoms with Crippen molar-refractivity contribution in [2.45, 2.75) is 25.8 Å². The van der Waals surface area contributed by atoms with Gasteiger partial charge < -0.3 is 15.3 Å². The number of carbonyl (C=O) groups is 3. The van der Waals surface area contributed by atoms with Gasteiger partial charge in [0.05, 0.1) is 0 Å². The predicted octanol–water partition coefficient (Wildman–Crippen LogP) is 1.33. The van der Waals surface area contributed by atoms with Gasteiger partial charge in [-0.05, 0) is 31.0 Å². The number of carbonyl (C=O) groups excluding carboxylic acids is 2. The van der Waals surface area contributed by atoms with E-state index in [9.17, 15) is 14.4 Å². The summed E-state index contributed by atoms with van der Waals surface area (Å²) in [4.78, 5) is 35.6. The van der Waals surface area contributed by atoms with Crippen LogP contribution in [-0.4, -0.2) is 40.4 Å². The van der Waals surface area contributed by atoms with Crippen LogP contribution in [0.15, 0.2) is 24.3 Å². The van der Waals surface area contributed by atoms with Crippen LogP contribution >= 0.6 is 0 Å². The molecule has 1 saturated carbocycles. The van der Waals surface area contributed by atoms with Gasteiger partial charge in [-0.15, -0.1) is 0 Å². The Labute approximate surface area is 116 Å². The Balaban J connectivity index is 2.18. The Morgan fingerprint density at radius 3 is 2.60 bits per heavy atom. The van der Waals surface area contributed by atoms with Crippen molar-refractivity contribution in [1.29, 1.82) is 0 Å². The Bertz CT molecular complexity index is 552. The number of carboxylic acids is 1. The third-order valence-electron chi connectivity index (χ3n) is 2.98. The highest BCUT2D eigenvalue weighted by molar-refractivity contribution is 5.98. The number of carboxylic acid groups (broad SMARTS) is 1. The summed E-state index contributed by atoms with van der Waals surface area (Å²) < 4.78 is 0. The molecule has 1 aliphatic rings. The lowest BCUT2D eigenvalue weighted by Gasteiger charge is -2.20. The summed E-state index contributed by atoms with van der Waals surface area (Å²) in [5.41, 5.74) is 0.902. The second-order valence-corrected chi connectivity index (χ2v) is 4.82. The molecule has 0 bridgehead atoms. The van der Waals surface area contributed by atoms with Gasteiger partial charge in [0.25, 0.3) is 5.91 Å². The number of rotatable bonds is 5. The van der Waals surface area contributed by atoms with Gasteiger partial charge in [-0.3, -0.25) is 14.4 Å². The molecule has 0 aromatic heterocycles. The molecule has 6 heteroatoms. The first-order valence-corrected chi connectivity index (χ1v) is 6.38. The molecule has 0 unspecified atom stereocenters. The van der Waals surface area contributed by atoms with E-state index in [0.717, 1.165) is 12.8 Å². The maximum Gasteiger partial charge on any atom is 0.323 e. The van der Waals surface area contributed by atoms with E-state index in [1.165, 1.54) is 11.8 Å². The number of nitrogens with one attached hydrogen (secondary N) is 1. The fraction of sp³-hybridized carbons (Fsp3) is 0.357. The highest BCUT2D eigenvalue weighted by atomic mass is 16.4. The number of hydrogen-bond acceptors (Lipinski definition) is 3. The molecular weight excluding hydrogens is 260 g/mol. The summed E-state index contributed by atoms with van der Waals surface area (Å²) in [6.07, 6.45) is 1.68. The van der Waals surface area contributed by atoms with Gasteiger partial charge in [0.2, 0.25) is 5.91 Å². The van der Waals surface area contributed by atoms with Crippen LogP contribution in [-0.2, 0) is 9.59 Å². The smallest absolute Gasteiger partial charge is 0.323 e. The number of amides is 2. The van der Waals surface area contributed by atoms with Crippen LogP contribution in [0.4, 0.5) is 5.69 Å². The lowest BCUT2D eigenvalue weighted by molar-refractivity contribution is -0.137. The van der Waals surface area contributed by atoms with Crippen LogP contribution < -0.4 is 5.32 Å². The first-order chi connectivity index (χ1) is 9.47. The normalized spacial score (nSPS) is 13.7. The maximum absolute atomic E-state index is 12.3. The molecule has 106 valence electrons. The van der Waals surface area contributed by atoms with Crippen molar-refractivity contribution < 1.29 is 19.5 Å². The molecule has 0 heterocycles. The minimum Gasteiger partial charge on any atom is -0.480 e. The zero-order valence-electron chi connectivity index (χ0n) is 11.1. The fourth-order valence-electron chi connectivity index (χ4n) is 2.00. The molecule has 20 heavy (non-hydrogen) atoms. The zero-order chi connectivity index (χ0) is 14.7. The predicted molar refractivity (Wildman–Crippen MR) is 72.4 cm³/mol. The van der Waals surface area contributed by atoms with E-state index in [1.807, 2.05) is 0 Å². The minimum atomic E-state index is -1.02. The van der Waals surface area contributed by atoms with Crippen molar-refractivity contribution >= 4 is 23.5 Å². The molecule has 6 nitrogen and oxygen atoms in total. The quantitative estimate of drug-likeness (QED) is 0.849. The van der Waals surface area contributed by atoms with Crippen molar-refractivity contribution in [3.63, 3.8) is 0 Å². The first-order valence-electron chi connectivity index (χ1n) is 6.38. The average Bonchev–Trinajstić information content (AvgIpc) is 3.18. The summed E-state index contributed by atoms with van der Waals surface area (Å²) >= 11 is 0. The zero-order valence-corrected chi connectivity index (χ0v) is 11.1. The van der Waals surface area contributed by atoms with Crippen molar-refractivity contribution in [2.24, 2.45) is 0 Å². The largest absolute Gasteiger partial charge is 0.480 e. The highest BCUT2D eigenvalue weighted by Gasteiger charge is 2.34. The van der Waals surface area contributed by atoms with Crippen molar-refractivity contribution in [2.75, 3.05) is 11.9 Å². The molecule has 0 atom stereocenters. The molecule has 0 radical (unpaired) electrons. The number of benzene rings is 1. The van der Waals surface area contributed by atoms with Gasteiger partial charge in [-0.2, -0.15) is 0 Å². The van der Waals surface area contributed by atoms with Crippen LogP contribution in [0.1, 0.15) is 30.1 Å². The monoisotopic (exact) mass is 276 g/mol. The SMILES string of the molecule is CC(=O)Nc1cccc(C(=O)N(CC(=O)O)C2CC2)c1. The molecule has 1 aliphatic carbocycles. The molecule has 0 aliphatic heterocycles. The van der Waals surface area contributed by atoms with Crippen LogP contribution in [0.25, 0.3) is 0 Å². The van der Waals surface area contributed by atoms with E-state index in [-0.39, 0.29) is 24.4 Å². The molecule has 1 aromatic carbocycles. The fourth-order valence-corrected chi connectivity index (χ4v) is 2.00. The average molecular weight is 276 g/mol. The highest BCUT2D eigenvalue weighted by Crippen LogP contribution is 2.28. The third-order valence-corrected chi connectivity index (χ3v) is 2.98. The summed E-state index contributed by atoms with van der Waals surface area (Å²) in [6, 6.07) is 6.52. The summed E-state index contributed by atoms with van der Waals surface area (Å²) in [5, 5.41) is 11.5. The van der Waals surface area contributed by atoms with Crippen molar-refractivity contribution in [1.82, 2.24) is 4.90 Å². The second kappa shape index (κ2) is 5.73. The van der Waals surface area contributed by atoms with E-state index in [0.29, 0.717) is 11.3 Å². The van der Waals surface area contributed by atoms with E-state index >= 15 is 0 Å². The van der Waals surface area contributed by atoms with Crippen molar-refractivity contribution in [3.8, 4) is 0 Å². The number of anilines is 1. The topological polar surface area (TPSA) is 86.7 Å². The lowest BCUT2D eigenvalue weighted by Crippen LogP contribution is -2.37. The van der Waals surface area contributed by atoms with Gasteiger partial charge in [0, 0.05) is 24.2 Å². The Hall–Kier alpha value is -2.37. The van der Waals surface area contributed by atoms with Crippen LogP contribution in [0.2, 0.25) is 0 Å². The molecule has 1 fully saturated rings. The van der Waals surface area contributed by atoms with Gasteiger partial charge in [0.15, 0.2) is 0 Å². The van der Waals surface area contributed by atoms with Crippen molar-refractivity contribution in [3.05, 3.63) is 29.8 Å². The Kier molecular flexibility index (Phi) is 4.02. The van der Waals surface area contributed by atoms with E-state index in [4.69, 9.17) is 5.11 Å². The molecule has 2 rings (SSSR count). The lowest BCUT2D eigenvalue weighted by atomic mass is 10.1. The summed E-state index contributed by atoms with van der Waals surface area (Å²) in [7, 11) is 0. The molecular formula is C14H16N2O4. The standard InChI is InChI=1S/C14H16N2O4/c1-9(17)15-11-4-2-3-10(7-11)14(20)16(8-13(18)19)12-5-6-12/h2-4,7,12H,5-6,8H2,1H3,(H,15,17)(H,18,19). The molecule has 2 amide bonds. The van der Waals surface area contributed by atoms with Gasteiger partial charge in [-0.25, -0.2) is 0 Å². The number of nitrogens with zero attached hydrogens (tertiary/aromatic N) is 1. The van der Waals surface area contributed by atoms with E-state index < -0.39 is 5.97 Å². The van der Waals surface area contributed by atoms with Gasteiger partial charge >= 0.3 is 5.97 Å². The molecule has 0 spiro atoms. The summed E-state index contributed by atoms with van der Waals surface area (Å²) in [6.45, 7) is 1.09. The first kappa shape index (κ1) is 14.0. The number of hydrogen-bond donors (Lipinski definition) is 2. The second-order valence-electron chi connectivity index (χ2n) is 4.82. The van der Waals surface area contributed by atoms with E-state index in [2.05, 4.69) is 5.32 Å². The van der Waals surface area contributed by atoms with Gasteiger partial charge in [-0.1, -0.05) is 6.07 Å². The Morgan fingerprint density at radius 1 is 1.35 bits per heavy atom. The Morgan fingerprint density at radius 2 is 2.05 bits per heavy atom. The molecule has 1 aromatic rings. The molecule has 2 N–H and O–H groups in total. The maximum atomic E-state index is 12.3. The third kappa shape index (κ3) is 3.57. The number of aliphatic carboxylic acids is 1. The summed E-state index contributed by atoms with van der Waals surface area (Å²) in [5.74, 6) is -1.57.